The maximum atomic E-state index is 13.1. The summed E-state index contributed by atoms with van der Waals surface area (Å²) in [6.45, 7) is 0. The number of carbonyl (C=O) groups is 1. The molecule has 1 atom stereocenters. The molecule has 4 rings (SSSR count). The van der Waals surface area contributed by atoms with Crippen LogP contribution in [0.2, 0.25) is 0 Å². The van der Waals surface area contributed by atoms with Crippen LogP contribution in [-0.2, 0) is 6.42 Å². The zero-order chi connectivity index (χ0) is 25.1. The van der Waals surface area contributed by atoms with Gasteiger partial charge in [0.1, 0.15) is 0 Å². The third-order valence-electron chi connectivity index (χ3n) is 6.15. The Labute approximate surface area is 222 Å². The second-order valence-corrected chi connectivity index (χ2v) is 9.90. The summed E-state index contributed by atoms with van der Waals surface area (Å²) in [7, 11) is 4.78. The number of rotatable bonds is 6. The van der Waals surface area contributed by atoms with Crippen molar-refractivity contribution in [2.24, 2.45) is 0 Å². The summed E-state index contributed by atoms with van der Waals surface area (Å²) in [6.07, 6.45) is 3.12. The monoisotopic (exact) mass is 603 g/mol. The third-order valence-corrected chi connectivity index (χ3v) is 8.07. The molecule has 0 bridgehead atoms. The van der Waals surface area contributed by atoms with Crippen LogP contribution in [0.4, 0.5) is 0 Å². The molecule has 3 aromatic rings. The molecule has 1 N–H and O–H groups in total. The number of nitrogens with one attached hydrogen (secondary N) is 1. The minimum atomic E-state index is -0.377. The molecule has 1 aliphatic carbocycles. The van der Waals surface area contributed by atoms with Gasteiger partial charge in [-0.2, -0.15) is 0 Å². The first-order valence-electron chi connectivity index (χ1n) is 11.0. The number of carbonyl (C=O) groups excluding carboxylic acids is 1. The highest BCUT2D eigenvalue weighted by atomic mass is 127. The van der Waals surface area contributed by atoms with Crippen LogP contribution in [0.1, 0.15) is 33.9 Å². The van der Waals surface area contributed by atoms with Crippen molar-refractivity contribution < 1.29 is 19.0 Å². The van der Waals surface area contributed by atoms with Gasteiger partial charge in [0.15, 0.2) is 16.9 Å². The molecule has 0 fully saturated rings. The fourth-order valence-electron chi connectivity index (χ4n) is 4.52. The molecule has 0 heterocycles. The Kier molecular flexibility index (Phi) is 7.91. The predicted octanol–water partition coefficient (Wildman–Crippen LogP) is 5.48. The number of hydrogen-bond donors (Lipinski definition) is 1. The summed E-state index contributed by atoms with van der Waals surface area (Å²) >= 11 is 3.67. The zero-order valence-corrected chi connectivity index (χ0v) is 22.9. The Balaban J connectivity index is 1.99. The first-order chi connectivity index (χ1) is 16.9. The molecule has 1 amide bonds. The largest absolute Gasteiger partial charge is 0.492 e. The molecule has 0 aromatic heterocycles. The van der Waals surface area contributed by atoms with Crippen LogP contribution in [0.25, 0.3) is 11.1 Å². The first-order valence-corrected chi connectivity index (χ1v) is 13.3. The maximum Gasteiger partial charge on any atom is 0.251 e. The van der Waals surface area contributed by atoms with Gasteiger partial charge < -0.3 is 19.5 Å². The Hall–Kier alpha value is -2.72. The number of ether oxygens (including phenoxy) is 3. The predicted molar refractivity (Wildman–Crippen MR) is 147 cm³/mol. The standard InChI is InChI=1S/C27H26INO5S/c1-32-24-22-16-11-13-21(35-4)20(30)14-18(16)19(29-27(31)15-8-6-5-7-9-15)12-10-17(22)23(28)25(33-2)26(24)34-3/h5-9,11,13-14,19H,10,12H2,1-4H3,(H,29,31)/t19-/m0/s1. The van der Waals surface area contributed by atoms with Gasteiger partial charge in [-0.05, 0) is 82.6 Å². The van der Waals surface area contributed by atoms with Crippen LogP contribution in [0, 0.1) is 3.57 Å². The molecule has 6 nitrogen and oxygen atoms in total. The van der Waals surface area contributed by atoms with Gasteiger partial charge >= 0.3 is 0 Å². The van der Waals surface area contributed by atoms with Crippen molar-refractivity contribution in [3.63, 3.8) is 0 Å². The van der Waals surface area contributed by atoms with E-state index in [4.69, 9.17) is 14.2 Å². The van der Waals surface area contributed by atoms with Crippen LogP contribution < -0.4 is 25.0 Å². The number of benzene rings is 2. The minimum Gasteiger partial charge on any atom is -0.492 e. The molecule has 0 spiro atoms. The molecule has 8 heteroatoms. The van der Waals surface area contributed by atoms with Crippen molar-refractivity contribution in [2.45, 2.75) is 23.8 Å². The molecule has 1 aliphatic rings. The summed E-state index contributed by atoms with van der Waals surface area (Å²) in [5, 5.41) is 3.17. The highest BCUT2D eigenvalue weighted by Crippen LogP contribution is 2.52. The van der Waals surface area contributed by atoms with Gasteiger partial charge in [0.25, 0.3) is 5.91 Å². The topological polar surface area (TPSA) is 73.9 Å². The van der Waals surface area contributed by atoms with Crippen LogP contribution >= 0.6 is 34.4 Å². The van der Waals surface area contributed by atoms with Crippen molar-refractivity contribution >= 4 is 40.3 Å². The molecule has 0 saturated heterocycles. The number of amides is 1. The quantitative estimate of drug-likeness (QED) is 0.297. The second-order valence-electron chi connectivity index (χ2n) is 7.98. The van der Waals surface area contributed by atoms with Crippen molar-refractivity contribution in [3.05, 3.63) is 79.0 Å². The van der Waals surface area contributed by atoms with Gasteiger partial charge in [-0.3, -0.25) is 9.59 Å². The van der Waals surface area contributed by atoms with Crippen molar-refractivity contribution in [1.82, 2.24) is 5.32 Å². The first kappa shape index (κ1) is 25.4. The highest BCUT2D eigenvalue weighted by Gasteiger charge is 2.32. The smallest absolute Gasteiger partial charge is 0.251 e. The minimum absolute atomic E-state index is 0.0877. The number of fused-ring (bicyclic) bond motifs is 3. The van der Waals surface area contributed by atoms with E-state index in [0.29, 0.717) is 40.5 Å². The lowest BCUT2D eigenvalue weighted by molar-refractivity contribution is 0.0935. The molecule has 0 saturated carbocycles. The molecular formula is C27H26INO5S. The summed E-state index contributed by atoms with van der Waals surface area (Å²) in [5.41, 5.74) is 3.93. The Morgan fingerprint density at radius 3 is 2.31 bits per heavy atom. The lowest BCUT2D eigenvalue weighted by atomic mass is 9.95. The van der Waals surface area contributed by atoms with Gasteiger partial charge in [0.2, 0.25) is 5.75 Å². The fourth-order valence-corrected chi connectivity index (χ4v) is 5.99. The maximum absolute atomic E-state index is 13.1. The van der Waals surface area contributed by atoms with E-state index in [-0.39, 0.29) is 17.4 Å². The van der Waals surface area contributed by atoms with Crippen LogP contribution in [0.3, 0.4) is 0 Å². The Morgan fingerprint density at radius 2 is 1.69 bits per heavy atom. The van der Waals surface area contributed by atoms with Gasteiger partial charge in [-0.1, -0.05) is 24.3 Å². The van der Waals surface area contributed by atoms with Crippen molar-refractivity contribution in [1.29, 1.82) is 0 Å². The Bertz CT molecular complexity index is 1330. The van der Waals surface area contributed by atoms with Gasteiger partial charge in [-0.25, -0.2) is 0 Å². The molecule has 0 unspecified atom stereocenters. The van der Waals surface area contributed by atoms with Crippen LogP contribution in [0.5, 0.6) is 17.2 Å². The average molecular weight is 603 g/mol. The molecular weight excluding hydrogens is 577 g/mol. The van der Waals surface area contributed by atoms with Crippen molar-refractivity contribution in [3.8, 4) is 28.4 Å². The number of halogens is 1. The van der Waals surface area contributed by atoms with E-state index in [1.165, 1.54) is 11.8 Å². The van der Waals surface area contributed by atoms with E-state index in [1.807, 2.05) is 36.6 Å². The molecule has 182 valence electrons. The molecule has 35 heavy (non-hydrogen) atoms. The van der Waals surface area contributed by atoms with E-state index >= 15 is 0 Å². The van der Waals surface area contributed by atoms with Gasteiger partial charge in [0.05, 0.1) is 35.8 Å². The highest BCUT2D eigenvalue weighted by molar-refractivity contribution is 14.1. The van der Waals surface area contributed by atoms with E-state index < -0.39 is 0 Å². The summed E-state index contributed by atoms with van der Waals surface area (Å²) in [4.78, 5) is 26.8. The summed E-state index contributed by atoms with van der Waals surface area (Å²) in [6, 6.07) is 14.1. The van der Waals surface area contributed by atoms with E-state index in [1.54, 1.807) is 39.5 Å². The third kappa shape index (κ3) is 4.73. The number of thioether (sulfide) groups is 1. The molecule has 0 aliphatic heterocycles. The van der Waals surface area contributed by atoms with Crippen LogP contribution in [-0.4, -0.2) is 33.5 Å². The Morgan fingerprint density at radius 1 is 1.00 bits per heavy atom. The van der Waals surface area contributed by atoms with Gasteiger partial charge in [-0.15, -0.1) is 11.8 Å². The number of hydrogen-bond acceptors (Lipinski definition) is 6. The average Bonchev–Trinajstić information content (AvgIpc) is 3.13. The zero-order valence-electron chi connectivity index (χ0n) is 19.9. The van der Waals surface area contributed by atoms with E-state index in [0.717, 1.165) is 25.8 Å². The normalized spacial score (nSPS) is 14.3. The lowest BCUT2D eigenvalue weighted by Crippen LogP contribution is -2.29. The molecule has 3 aromatic carbocycles. The van der Waals surface area contributed by atoms with E-state index in [2.05, 4.69) is 27.9 Å². The van der Waals surface area contributed by atoms with Crippen LogP contribution in [0.15, 0.2) is 58.2 Å². The fraction of sp³-hybridized carbons (Fsp3) is 0.259. The second kappa shape index (κ2) is 10.9. The lowest BCUT2D eigenvalue weighted by Gasteiger charge is -2.21. The van der Waals surface area contributed by atoms with E-state index in [9.17, 15) is 9.59 Å². The SMILES string of the molecule is COc1c(I)c2c(c(OC)c1OC)-c1ccc(SC)c(=O)cc1[C@@H](NC(=O)c1ccccc1)CC2. The van der Waals surface area contributed by atoms with Gasteiger partial charge in [0, 0.05) is 11.1 Å². The van der Waals surface area contributed by atoms with Crippen molar-refractivity contribution in [2.75, 3.05) is 27.6 Å². The number of methoxy groups -OCH3 is 3. The summed E-state index contributed by atoms with van der Waals surface area (Å²) in [5.74, 6) is 1.45. The summed E-state index contributed by atoms with van der Waals surface area (Å²) < 4.78 is 18.2. The molecule has 0 radical (unpaired) electrons.